The SMILES string of the molecule is O=C(O)c1cnc2n(c1=O)-c1ccccc1OC2. The molecule has 2 aromatic rings. The summed E-state index contributed by atoms with van der Waals surface area (Å²) in [6, 6.07) is 6.94. The van der Waals surface area contributed by atoms with E-state index in [0.29, 0.717) is 17.3 Å². The predicted octanol–water partition coefficient (Wildman–Crippen LogP) is 0.823. The van der Waals surface area contributed by atoms with E-state index < -0.39 is 11.5 Å². The van der Waals surface area contributed by atoms with Gasteiger partial charge in [0, 0.05) is 6.20 Å². The van der Waals surface area contributed by atoms with E-state index in [1.807, 2.05) is 0 Å². The fourth-order valence-electron chi connectivity index (χ4n) is 1.89. The van der Waals surface area contributed by atoms with Gasteiger partial charge in [0.1, 0.15) is 17.9 Å². The van der Waals surface area contributed by atoms with Gasteiger partial charge in [-0.25, -0.2) is 9.78 Å². The van der Waals surface area contributed by atoms with Gasteiger partial charge in [-0.3, -0.25) is 9.36 Å². The molecular weight excluding hydrogens is 236 g/mol. The molecule has 0 unspecified atom stereocenters. The van der Waals surface area contributed by atoms with Gasteiger partial charge < -0.3 is 9.84 Å². The van der Waals surface area contributed by atoms with Crippen molar-refractivity contribution in [3.63, 3.8) is 0 Å². The third-order valence-electron chi connectivity index (χ3n) is 2.73. The zero-order valence-corrected chi connectivity index (χ0v) is 9.16. The van der Waals surface area contributed by atoms with Crippen LogP contribution in [-0.4, -0.2) is 20.6 Å². The van der Waals surface area contributed by atoms with Crippen molar-refractivity contribution in [1.29, 1.82) is 0 Å². The van der Waals surface area contributed by atoms with Gasteiger partial charge in [0.05, 0.1) is 5.69 Å². The number of aromatic carboxylic acids is 1. The molecule has 0 atom stereocenters. The molecule has 1 aliphatic rings. The average molecular weight is 244 g/mol. The molecule has 0 fully saturated rings. The van der Waals surface area contributed by atoms with Crippen molar-refractivity contribution in [3.05, 3.63) is 52.2 Å². The van der Waals surface area contributed by atoms with Crippen molar-refractivity contribution in [2.24, 2.45) is 0 Å². The number of carboxylic acid groups (broad SMARTS) is 1. The Morgan fingerprint density at radius 3 is 2.94 bits per heavy atom. The van der Waals surface area contributed by atoms with Gasteiger partial charge in [-0.05, 0) is 12.1 Å². The first-order valence-corrected chi connectivity index (χ1v) is 5.25. The third-order valence-corrected chi connectivity index (χ3v) is 2.73. The summed E-state index contributed by atoms with van der Waals surface area (Å²) in [5.41, 5.74) is -0.432. The van der Waals surface area contributed by atoms with Crippen LogP contribution in [0.5, 0.6) is 5.75 Å². The number of hydrogen-bond donors (Lipinski definition) is 1. The molecule has 0 bridgehead atoms. The minimum absolute atomic E-state index is 0.145. The third kappa shape index (κ3) is 1.39. The molecule has 0 radical (unpaired) electrons. The van der Waals surface area contributed by atoms with Crippen molar-refractivity contribution < 1.29 is 14.6 Å². The number of carbonyl (C=O) groups is 1. The number of para-hydroxylation sites is 2. The van der Waals surface area contributed by atoms with Gasteiger partial charge in [-0.2, -0.15) is 0 Å². The molecule has 6 nitrogen and oxygen atoms in total. The number of rotatable bonds is 1. The smallest absolute Gasteiger partial charge is 0.342 e. The van der Waals surface area contributed by atoms with E-state index in [9.17, 15) is 9.59 Å². The van der Waals surface area contributed by atoms with E-state index in [4.69, 9.17) is 9.84 Å². The Bertz CT molecular complexity index is 705. The van der Waals surface area contributed by atoms with Crippen LogP contribution in [0.4, 0.5) is 0 Å². The molecule has 2 heterocycles. The van der Waals surface area contributed by atoms with Gasteiger partial charge in [-0.15, -0.1) is 0 Å². The fourth-order valence-corrected chi connectivity index (χ4v) is 1.89. The first-order chi connectivity index (χ1) is 8.68. The molecule has 0 aliphatic carbocycles. The highest BCUT2D eigenvalue weighted by molar-refractivity contribution is 5.86. The minimum Gasteiger partial charge on any atom is -0.483 e. The second-order valence-corrected chi connectivity index (χ2v) is 3.79. The van der Waals surface area contributed by atoms with Gasteiger partial charge >= 0.3 is 5.97 Å². The Kier molecular flexibility index (Phi) is 2.16. The molecule has 3 rings (SSSR count). The molecule has 18 heavy (non-hydrogen) atoms. The lowest BCUT2D eigenvalue weighted by Crippen LogP contribution is -2.31. The van der Waals surface area contributed by atoms with E-state index in [1.54, 1.807) is 24.3 Å². The van der Waals surface area contributed by atoms with Crippen LogP contribution in [-0.2, 0) is 6.61 Å². The zero-order chi connectivity index (χ0) is 12.7. The van der Waals surface area contributed by atoms with Crippen LogP contribution in [0.15, 0.2) is 35.3 Å². The van der Waals surface area contributed by atoms with Crippen molar-refractivity contribution in [1.82, 2.24) is 9.55 Å². The largest absolute Gasteiger partial charge is 0.483 e. The van der Waals surface area contributed by atoms with Gasteiger partial charge in [0.2, 0.25) is 0 Å². The standard InChI is InChI=1S/C12H8N2O4/c15-11-7(12(16)17)5-13-10-6-18-9-4-2-1-3-8(9)14(10)11/h1-5H,6H2,(H,16,17). The summed E-state index contributed by atoms with van der Waals surface area (Å²) in [7, 11) is 0. The highest BCUT2D eigenvalue weighted by Gasteiger charge is 2.22. The quantitative estimate of drug-likeness (QED) is 0.803. The van der Waals surface area contributed by atoms with Crippen LogP contribution in [0, 0.1) is 0 Å². The number of fused-ring (bicyclic) bond motifs is 3. The number of hydrogen-bond acceptors (Lipinski definition) is 4. The van der Waals surface area contributed by atoms with E-state index >= 15 is 0 Å². The maximum absolute atomic E-state index is 12.1. The average Bonchev–Trinajstić information content (AvgIpc) is 2.38. The number of ether oxygens (including phenoxy) is 1. The second kappa shape index (κ2) is 3.69. The Morgan fingerprint density at radius 1 is 1.39 bits per heavy atom. The number of nitrogens with zero attached hydrogens (tertiary/aromatic N) is 2. The predicted molar refractivity (Wildman–Crippen MR) is 61.1 cm³/mol. The molecule has 0 spiro atoms. The lowest BCUT2D eigenvalue weighted by molar-refractivity contribution is 0.0693. The highest BCUT2D eigenvalue weighted by Crippen LogP contribution is 2.26. The Hall–Kier alpha value is -2.63. The molecule has 1 N–H and O–H groups in total. The van der Waals surface area contributed by atoms with Crippen LogP contribution < -0.4 is 10.3 Å². The summed E-state index contributed by atoms with van der Waals surface area (Å²) in [5, 5.41) is 8.93. The number of aromatic nitrogens is 2. The molecular formula is C12H8N2O4. The number of carboxylic acids is 1. The normalized spacial score (nSPS) is 12.2. The van der Waals surface area contributed by atoms with Crippen LogP contribution in [0.3, 0.4) is 0 Å². The first kappa shape index (κ1) is 10.5. The Balaban J connectivity index is 2.35. The minimum atomic E-state index is -1.29. The van der Waals surface area contributed by atoms with Crippen molar-refractivity contribution in [2.45, 2.75) is 6.61 Å². The molecule has 1 aliphatic heterocycles. The Morgan fingerprint density at radius 2 is 2.17 bits per heavy atom. The zero-order valence-electron chi connectivity index (χ0n) is 9.16. The molecule has 0 saturated heterocycles. The molecule has 0 saturated carbocycles. The summed E-state index contributed by atoms with van der Waals surface area (Å²) in [6.45, 7) is 0.145. The summed E-state index contributed by atoms with van der Waals surface area (Å²) >= 11 is 0. The maximum atomic E-state index is 12.1. The topological polar surface area (TPSA) is 81.4 Å². The maximum Gasteiger partial charge on any atom is 0.342 e. The first-order valence-electron chi connectivity index (χ1n) is 5.25. The monoisotopic (exact) mass is 244 g/mol. The lowest BCUT2D eigenvalue weighted by atomic mass is 10.2. The number of benzene rings is 1. The van der Waals surface area contributed by atoms with Crippen molar-refractivity contribution >= 4 is 5.97 Å². The summed E-state index contributed by atoms with van der Waals surface area (Å²) in [4.78, 5) is 27.0. The molecule has 0 amide bonds. The van der Waals surface area contributed by atoms with Gasteiger partial charge in [0.25, 0.3) is 5.56 Å². The van der Waals surface area contributed by atoms with Crippen LogP contribution in [0.1, 0.15) is 16.2 Å². The molecule has 6 heteroatoms. The van der Waals surface area contributed by atoms with Crippen LogP contribution >= 0.6 is 0 Å². The van der Waals surface area contributed by atoms with E-state index in [0.717, 1.165) is 6.20 Å². The fraction of sp³-hybridized carbons (Fsp3) is 0.0833. The van der Waals surface area contributed by atoms with Gasteiger partial charge in [0.15, 0.2) is 5.82 Å². The molecule has 90 valence electrons. The van der Waals surface area contributed by atoms with Crippen molar-refractivity contribution in [3.8, 4) is 11.4 Å². The Labute approximate surface area is 101 Å². The van der Waals surface area contributed by atoms with Crippen LogP contribution in [0.2, 0.25) is 0 Å². The lowest BCUT2D eigenvalue weighted by Gasteiger charge is -2.21. The second-order valence-electron chi connectivity index (χ2n) is 3.79. The summed E-state index contributed by atoms with van der Waals surface area (Å²) in [6.07, 6.45) is 1.06. The highest BCUT2D eigenvalue weighted by atomic mass is 16.5. The van der Waals surface area contributed by atoms with E-state index in [-0.39, 0.29) is 12.2 Å². The summed E-state index contributed by atoms with van der Waals surface area (Å²) < 4.78 is 6.72. The van der Waals surface area contributed by atoms with Gasteiger partial charge in [-0.1, -0.05) is 12.1 Å². The van der Waals surface area contributed by atoms with Crippen molar-refractivity contribution in [2.75, 3.05) is 0 Å². The van der Waals surface area contributed by atoms with Crippen LogP contribution in [0.25, 0.3) is 5.69 Å². The molecule has 1 aromatic carbocycles. The summed E-state index contributed by atoms with van der Waals surface area (Å²) in [5.74, 6) is -0.355. The molecule has 1 aromatic heterocycles. The van der Waals surface area contributed by atoms with E-state index in [1.165, 1.54) is 4.57 Å². The van der Waals surface area contributed by atoms with E-state index in [2.05, 4.69) is 4.98 Å².